The van der Waals surface area contributed by atoms with E-state index in [0.717, 1.165) is 0 Å². The first kappa shape index (κ1) is 20.3. The highest BCUT2D eigenvalue weighted by molar-refractivity contribution is 5.72. The van der Waals surface area contributed by atoms with Gasteiger partial charge >= 0.3 is 18.3 Å². The van der Waals surface area contributed by atoms with Crippen LogP contribution in [0.1, 0.15) is 46.0 Å². The zero-order valence-corrected chi connectivity index (χ0v) is 14.0. The van der Waals surface area contributed by atoms with Gasteiger partial charge in [-0.1, -0.05) is 13.8 Å². The normalized spacial score (nSPS) is 30.2. The van der Waals surface area contributed by atoms with Crippen LogP contribution >= 0.6 is 0 Å². The molecule has 0 heterocycles. The number of fused-ring (bicyclic) bond motifs is 2. The Hall–Kier alpha value is -0.990. The van der Waals surface area contributed by atoms with E-state index in [1.807, 2.05) is 0 Å². The average Bonchev–Trinajstić information content (AvgIpc) is 3.05. The predicted octanol–water partition coefficient (Wildman–Crippen LogP) is 4.24. The molecule has 0 aromatic carbocycles. The van der Waals surface area contributed by atoms with Crippen molar-refractivity contribution in [1.82, 2.24) is 0 Å². The number of hydrogen-bond acceptors (Lipinski definition) is 3. The molecule has 0 aromatic rings. The van der Waals surface area contributed by atoms with Gasteiger partial charge in [0.05, 0.1) is 5.92 Å². The monoisotopic (exact) mass is 376 g/mol. The first-order valence-electron chi connectivity index (χ1n) is 8.43. The van der Waals surface area contributed by atoms with Crippen molar-refractivity contribution in [3.05, 3.63) is 0 Å². The van der Waals surface area contributed by atoms with Crippen LogP contribution in [0.5, 0.6) is 0 Å². The number of ether oxygens (including phenoxy) is 1. The molecule has 4 atom stereocenters. The molecule has 2 rings (SSSR count). The molecule has 2 fully saturated rings. The molecular formula is C16H22F6O3. The maximum atomic E-state index is 13.0. The minimum absolute atomic E-state index is 0.0737. The van der Waals surface area contributed by atoms with E-state index < -0.39 is 54.2 Å². The summed E-state index contributed by atoms with van der Waals surface area (Å²) in [7, 11) is 0. The molecule has 146 valence electrons. The van der Waals surface area contributed by atoms with Gasteiger partial charge in [0.2, 0.25) is 0 Å². The second kappa shape index (κ2) is 6.63. The van der Waals surface area contributed by atoms with E-state index in [0.29, 0.717) is 12.8 Å². The number of carbonyl (C=O) groups is 1. The molecule has 9 heteroatoms. The lowest BCUT2D eigenvalue weighted by molar-refractivity contribution is -0.389. The van der Waals surface area contributed by atoms with Gasteiger partial charge in [-0.25, -0.2) is 0 Å². The first-order valence-corrected chi connectivity index (χ1v) is 8.43. The molecule has 25 heavy (non-hydrogen) atoms. The second-order valence-electron chi connectivity index (χ2n) is 7.08. The number of halogens is 6. The molecule has 0 aliphatic heterocycles. The fraction of sp³-hybridized carbons (Fsp3) is 0.938. The van der Waals surface area contributed by atoms with Crippen LogP contribution in [0.3, 0.4) is 0 Å². The summed E-state index contributed by atoms with van der Waals surface area (Å²) in [5.74, 6) is -4.29. The van der Waals surface area contributed by atoms with Crippen molar-refractivity contribution in [2.75, 3.05) is 0 Å². The zero-order chi connectivity index (χ0) is 19.2. The van der Waals surface area contributed by atoms with Gasteiger partial charge < -0.3 is 9.84 Å². The number of aliphatic hydroxyl groups is 1. The fourth-order valence-electron chi connectivity index (χ4n) is 4.33. The van der Waals surface area contributed by atoms with Crippen LogP contribution in [0.15, 0.2) is 0 Å². The molecule has 0 aromatic heterocycles. The minimum atomic E-state index is -5.80. The molecule has 2 saturated carbocycles. The van der Waals surface area contributed by atoms with Crippen molar-refractivity contribution < 1.29 is 41.0 Å². The lowest BCUT2D eigenvalue weighted by Crippen LogP contribution is -2.63. The van der Waals surface area contributed by atoms with Crippen molar-refractivity contribution in [2.24, 2.45) is 23.7 Å². The van der Waals surface area contributed by atoms with E-state index in [9.17, 15) is 36.2 Å². The highest BCUT2D eigenvalue weighted by Crippen LogP contribution is 2.60. The highest BCUT2D eigenvalue weighted by atomic mass is 19.4. The Morgan fingerprint density at radius 1 is 1.00 bits per heavy atom. The molecule has 2 bridgehead atoms. The number of hydrogen-bond donors (Lipinski definition) is 1. The fourth-order valence-corrected chi connectivity index (χ4v) is 4.33. The van der Waals surface area contributed by atoms with E-state index in [4.69, 9.17) is 4.74 Å². The van der Waals surface area contributed by atoms with Crippen LogP contribution in [0, 0.1) is 23.7 Å². The number of alkyl halides is 6. The van der Waals surface area contributed by atoms with Gasteiger partial charge in [-0.3, -0.25) is 4.79 Å². The van der Waals surface area contributed by atoms with Crippen molar-refractivity contribution in [3.63, 3.8) is 0 Å². The number of carbonyl (C=O) groups excluding carboxylic acids is 1. The van der Waals surface area contributed by atoms with E-state index in [1.54, 1.807) is 13.8 Å². The van der Waals surface area contributed by atoms with Crippen LogP contribution in [-0.2, 0) is 9.53 Å². The smallest absolute Gasteiger partial charge is 0.426 e. The van der Waals surface area contributed by atoms with Crippen molar-refractivity contribution >= 4 is 5.97 Å². The van der Waals surface area contributed by atoms with Crippen LogP contribution < -0.4 is 0 Å². The maximum Gasteiger partial charge on any atom is 0.426 e. The predicted molar refractivity (Wildman–Crippen MR) is 75.3 cm³/mol. The quantitative estimate of drug-likeness (QED) is 0.577. The summed E-state index contributed by atoms with van der Waals surface area (Å²) in [6.07, 6.45) is -11.6. The Labute approximate surface area is 141 Å². The number of rotatable bonds is 5. The molecule has 1 N–H and O–H groups in total. The topological polar surface area (TPSA) is 46.5 Å². The minimum Gasteiger partial charge on any atom is -0.462 e. The zero-order valence-electron chi connectivity index (χ0n) is 14.0. The molecule has 0 spiro atoms. The molecule has 2 aliphatic rings. The molecule has 0 radical (unpaired) electrons. The Morgan fingerprint density at radius 2 is 1.52 bits per heavy atom. The maximum absolute atomic E-state index is 13.0. The van der Waals surface area contributed by atoms with Gasteiger partial charge in [-0.15, -0.1) is 0 Å². The largest absolute Gasteiger partial charge is 0.462 e. The van der Waals surface area contributed by atoms with Gasteiger partial charge in [0, 0.05) is 5.92 Å². The Morgan fingerprint density at radius 3 is 1.88 bits per heavy atom. The van der Waals surface area contributed by atoms with Gasteiger partial charge in [0.25, 0.3) is 5.60 Å². The first-order chi connectivity index (χ1) is 11.4. The summed E-state index contributed by atoms with van der Waals surface area (Å²) in [4.78, 5) is 12.0. The van der Waals surface area contributed by atoms with E-state index in [1.165, 1.54) is 0 Å². The third-order valence-corrected chi connectivity index (χ3v) is 5.78. The molecule has 4 unspecified atom stereocenters. The Kier molecular flexibility index (Phi) is 5.39. The lowest BCUT2D eigenvalue weighted by atomic mass is 9.74. The summed E-state index contributed by atoms with van der Waals surface area (Å²) in [5, 5.41) is 9.58. The lowest BCUT2D eigenvalue weighted by Gasteiger charge is -2.41. The summed E-state index contributed by atoms with van der Waals surface area (Å²) < 4.78 is 83.5. The van der Waals surface area contributed by atoms with Crippen LogP contribution in [0.2, 0.25) is 0 Å². The van der Waals surface area contributed by atoms with Crippen LogP contribution in [0.4, 0.5) is 26.3 Å². The van der Waals surface area contributed by atoms with E-state index in [2.05, 4.69) is 0 Å². The SMILES string of the molecule is CCC(CC)C(=O)OC1CC2CC1CC2C(O)(C(F)(F)F)C(F)(F)F. The van der Waals surface area contributed by atoms with Crippen molar-refractivity contribution in [1.29, 1.82) is 0 Å². The highest BCUT2D eigenvalue weighted by Gasteiger charge is 2.76. The van der Waals surface area contributed by atoms with Gasteiger partial charge in [0.15, 0.2) is 0 Å². The van der Waals surface area contributed by atoms with E-state index in [-0.39, 0.29) is 18.8 Å². The van der Waals surface area contributed by atoms with Gasteiger partial charge in [-0.2, -0.15) is 26.3 Å². The third kappa shape index (κ3) is 3.36. The third-order valence-electron chi connectivity index (χ3n) is 5.78. The van der Waals surface area contributed by atoms with Crippen molar-refractivity contribution in [2.45, 2.75) is 70.0 Å². The van der Waals surface area contributed by atoms with Gasteiger partial charge in [-0.05, 0) is 43.9 Å². The Bertz CT molecular complexity index is 483. The van der Waals surface area contributed by atoms with E-state index >= 15 is 0 Å². The summed E-state index contributed by atoms with van der Waals surface area (Å²) in [5.41, 5.74) is -4.72. The summed E-state index contributed by atoms with van der Waals surface area (Å²) in [6.45, 7) is 3.61. The molecular weight excluding hydrogens is 354 g/mol. The van der Waals surface area contributed by atoms with Crippen molar-refractivity contribution in [3.8, 4) is 0 Å². The average molecular weight is 376 g/mol. The molecule has 3 nitrogen and oxygen atoms in total. The van der Waals surface area contributed by atoms with Crippen LogP contribution in [-0.4, -0.2) is 35.1 Å². The number of esters is 1. The second-order valence-corrected chi connectivity index (χ2v) is 7.08. The molecule has 0 amide bonds. The summed E-state index contributed by atoms with van der Waals surface area (Å²) in [6, 6.07) is 0. The molecule has 0 saturated heterocycles. The van der Waals surface area contributed by atoms with Crippen LogP contribution in [0.25, 0.3) is 0 Å². The summed E-state index contributed by atoms with van der Waals surface area (Å²) >= 11 is 0. The standard InChI is InChI=1S/C16H22F6O3/c1-3-8(4-2)13(23)25-12-7-9-5-10(12)6-11(9)14(24,15(17,18)19)16(20,21)22/h8-12,24H,3-7H2,1-2H3. The Balaban J connectivity index is 2.12. The molecule has 2 aliphatic carbocycles. The van der Waals surface area contributed by atoms with Gasteiger partial charge in [0.1, 0.15) is 6.10 Å².